The first-order valence-corrected chi connectivity index (χ1v) is 5.61. The first-order chi connectivity index (χ1) is 7.04. The highest BCUT2D eigenvalue weighted by Gasteiger charge is 2.15. The number of aryl methyl sites for hydroxylation is 1. The summed E-state index contributed by atoms with van der Waals surface area (Å²) < 4.78 is 4.91. The van der Waals surface area contributed by atoms with E-state index >= 15 is 0 Å². The molecule has 0 aliphatic carbocycles. The molecule has 6 heteroatoms. The second-order valence-electron chi connectivity index (χ2n) is 2.81. The fourth-order valence-electron chi connectivity index (χ4n) is 1.08. The van der Waals surface area contributed by atoms with Gasteiger partial charge in [-0.25, -0.2) is 4.79 Å². The summed E-state index contributed by atoms with van der Waals surface area (Å²) in [6, 6.07) is 1.75. The van der Waals surface area contributed by atoms with Crippen molar-refractivity contribution in [3.63, 3.8) is 0 Å². The first-order valence-electron chi connectivity index (χ1n) is 4.38. The number of rotatable bonds is 3. The minimum Gasteiger partial charge on any atom is -0.462 e. The summed E-state index contributed by atoms with van der Waals surface area (Å²) in [5, 5.41) is 3.54. The van der Waals surface area contributed by atoms with Crippen LogP contribution in [0.5, 0.6) is 0 Å². The average molecular weight is 244 g/mol. The molecule has 1 aromatic heterocycles. The van der Waals surface area contributed by atoms with Crippen LogP contribution in [0.15, 0.2) is 6.07 Å². The van der Waals surface area contributed by atoms with Crippen LogP contribution in [-0.2, 0) is 4.74 Å². The monoisotopic (exact) mass is 244 g/mol. The van der Waals surface area contributed by atoms with Gasteiger partial charge in [-0.05, 0) is 32.1 Å². The molecule has 4 nitrogen and oxygen atoms in total. The molecule has 0 amide bonds. The van der Waals surface area contributed by atoms with Crippen LogP contribution in [0.1, 0.15) is 22.2 Å². The zero-order chi connectivity index (χ0) is 11.4. The Bertz CT molecular complexity index is 387. The Hall–Kier alpha value is -1.14. The SMILES string of the molecule is CCOC(=O)c1cc(C)sc1NC(N)=S. The van der Waals surface area contributed by atoms with E-state index in [2.05, 4.69) is 5.32 Å². The lowest BCUT2D eigenvalue weighted by atomic mass is 10.3. The molecule has 0 atom stereocenters. The molecule has 0 unspecified atom stereocenters. The number of hydrogen-bond donors (Lipinski definition) is 2. The largest absolute Gasteiger partial charge is 0.462 e. The number of carbonyl (C=O) groups excluding carboxylic acids is 1. The van der Waals surface area contributed by atoms with Crippen molar-refractivity contribution in [1.29, 1.82) is 0 Å². The third kappa shape index (κ3) is 3.17. The van der Waals surface area contributed by atoms with Crippen molar-refractivity contribution in [2.45, 2.75) is 13.8 Å². The van der Waals surface area contributed by atoms with Crippen LogP contribution in [0.3, 0.4) is 0 Å². The van der Waals surface area contributed by atoms with Crippen LogP contribution in [0.2, 0.25) is 0 Å². The Labute approximate surface area is 97.4 Å². The van der Waals surface area contributed by atoms with E-state index in [1.807, 2.05) is 6.92 Å². The van der Waals surface area contributed by atoms with Crippen LogP contribution in [-0.4, -0.2) is 17.7 Å². The number of hydrogen-bond acceptors (Lipinski definition) is 4. The molecule has 0 spiro atoms. The third-order valence-electron chi connectivity index (χ3n) is 1.59. The van der Waals surface area contributed by atoms with E-state index in [0.29, 0.717) is 17.2 Å². The topological polar surface area (TPSA) is 64.3 Å². The van der Waals surface area contributed by atoms with Crippen molar-refractivity contribution >= 4 is 39.6 Å². The zero-order valence-corrected chi connectivity index (χ0v) is 10.1. The number of thiocarbonyl (C=S) groups is 1. The van der Waals surface area contributed by atoms with E-state index in [1.165, 1.54) is 11.3 Å². The van der Waals surface area contributed by atoms with E-state index in [1.54, 1.807) is 13.0 Å². The molecule has 0 fully saturated rings. The molecule has 0 saturated heterocycles. The van der Waals surface area contributed by atoms with Crippen molar-refractivity contribution in [3.05, 3.63) is 16.5 Å². The summed E-state index contributed by atoms with van der Waals surface area (Å²) in [5.41, 5.74) is 5.83. The van der Waals surface area contributed by atoms with Gasteiger partial charge in [-0.1, -0.05) is 0 Å². The average Bonchev–Trinajstić information content (AvgIpc) is 2.46. The highest BCUT2D eigenvalue weighted by atomic mass is 32.1. The van der Waals surface area contributed by atoms with E-state index in [4.69, 9.17) is 22.7 Å². The molecule has 0 aromatic carbocycles. The van der Waals surface area contributed by atoms with Gasteiger partial charge in [0.15, 0.2) is 5.11 Å². The van der Waals surface area contributed by atoms with Gasteiger partial charge in [0.05, 0.1) is 12.2 Å². The molecule has 3 N–H and O–H groups in total. The predicted molar refractivity (Wildman–Crippen MR) is 65.4 cm³/mol. The lowest BCUT2D eigenvalue weighted by Gasteiger charge is -2.04. The van der Waals surface area contributed by atoms with E-state index in [9.17, 15) is 4.79 Å². The van der Waals surface area contributed by atoms with Crippen LogP contribution in [0.25, 0.3) is 0 Å². The number of anilines is 1. The highest BCUT2D eigenvalue weighted by Crippen LogP contribution is 2.27. The predicted octanol–water partition coefficient (Wildman–Crippen LogP) is 1.89. The molecule has 15 heavy (non-hydrogen) atoms. The smallest absolute Gasteiger partial charge is 0.341 e. The number of carbonyl (C=O) groups is 1. The van der Waals surface area contributed by atoms with Crippen LogP contribution in [0.4, 0.5) is 5.00 Å². The number of thiophene rings is 1. The Morgan fingerprint density at radius 2 is 2.40 bits per heavy atom. The van der Waals surface area contributed by atoms with Gasteiger partial charge in [-0.15, -0.1) is 11.3 Å². The molecule has 0 bridgehead atoms. The maximum absolute atomic E-state index is 11.5. The molecular weight excluding hydrogens is 232 g/mol. The molecule has 0 aliphatic heterocycles. The van der Waals surface area contributed by atoms with Crippen molar-refractivity contribution in [1.82, 2.24) is 0 Å². The number of esters is 1. The molecule has 1 heterocycles. The molecular formula is C9H12N2O2S2. The summed E-state index contributed by atoms with van der Waals surface area (Å²) in [6.45, 7) is 4.01. The minimum absolute atomic E-state index is 0.141. The molecule has 1 rings (SSSR count). The van der Waals surface area contributed by atoms with Crippen molar-refractivity contribution in [3.8, 4) is 0 Å². The van der Waals surface area contributed by atoms with E-state index in [0.717, 1.165) is 4.88 Å². The summed E-state index contributed by atoms with van der Waals surface area (Å²) in [5.74, 6) is -0.361. The van der Waals surface area contributed by atoms with E-state index in [-0.39, 0.29) is 11.1 Å². The van der Waals surface area contributed by atoms with Gasteiger partial charge in [-0.2, -0.15) is 0 Å². The molecule has 82 valence electrons. The van der Waals surface area contributed by atoms with Crippen LogP contribution >= 0.6 is 23.6 Å². The normalized spacial score (nSPS) is 9.73. The van der Waals surface area contributed by atoms with Gasteiger partial charge < -0.3 is 15.8 Å². The van der Waals surface area contributed by atoms with Gasteiger partial charge in [0.2, 0.25) is 0 Å². The number of nitrogens with two attached hydrogens (primary N) is 1. The van der Waals surface area contributed by atoms with Crippen molar-refractivity contribution in [2.75, 3.05) is 11.9 Å². The highest BCUT2D eigenvalue weighted by molar-refractivity contribution is 7.80. The summed E-state index contributed by atoms with van der Waals surface area (Å²) >= 11 is 6.14. The Morgan fingerprint density at radius 1 is 1.73 bits per heavy atom. The van der Waals surface area contributed by atoms with Crippen LogP contribution < -0.4 is 11.1 Å². The fourth-order valence-corrected chi connectivity index (χ4v) is 2.16. The molecule has 0 radical (unpaired) electrons. The second kappa shape index (κ2) is 5.09. The lowest BCUT2D eigenvalue weighted by molar-refractivity contribution is 0.0528. The standard InChI is InChI=1S/C9H12N2O2S2/c1-3-13-8(12)6-4-5(2)15-7(6)11-9(10)14/h4H,3H2,1-2H3,(H3,10,11,14). The number of ether oxygens (including phenoxy) is 1. The van der Waals surface area contributed by atoms with E-state index < -0.39 is 0 Å². The minimum atomic E-state index is -0.361. The maximum atomic E-state index is 11.5. The van der Waals surface area contributed by atoms with Crippen molar-refractivity contribution in [2.24, 2.45) is 5.73 Å². The molecule has 0 aliphatic rings. The Kier molecular flexibility index (Phi) is 4.05. The maximum Gasteiger partial charge on any atom is 0.341 e. The summed E-state index contributed by atoms with van der Waals surface area (Å²) in [7, 11) is 0. The first kappa shape index (κ1) is 11.9. The quantitative estimate of drug-likeness (QED) is 0.628. The Morgan fingerprint density at radius 3 is 2.93 bits per heavy atom. The second-order valence-corrected chi connectivity index (χ2v) is 4.51. The molecule has 0 saturated carbocycles. The molecule has 1 aromatic rings. The van der Waals surface area contributed by atoms with Gasteiger partial charge in [0.1, 0.15) is 5.00 Å². The van der Waals surface area contributed by atoms with Crippen molar-refractivity contribution < 1.29 is 9.53 Å². The lowest BCUT2D eigenvalue weighted by Crippen LogP contribution is -2.19. The van der Waals surface area contributed by atoms with Gasteiger partial charge in [0, 0.05) is 4.88 Å². The fraction of sp³-hybridized carbons (Fsp3) is 0.333. The zero-order valence-electron chi connectivity index (χ0n) is 8.49. The third-order valence-corrected chi connectivity index (χ3v) is 2.66. The summed E-state index contributed by atoms with van der Waals surface area (Å²) in [6.07, 6.45) is 0. The summed E-state index contributed by atoms with van der Waals surface area (Å²) in [4.78, 5) is 12.5. The Balaban J connectivity index is 2.95. The van der Waals surface area contributed by atoms with Gasteiger partial charge in [0.25, 0.3) is 0 Å². The number of nitrogens with one attached hydrogen (secondary N) is 1. The van der Waals surface area contributed by atoms with Gasteiger partial charge in [-0.3, -0.25) is 0 Å². The van der Waals surface area contributed by atoms with Gasteiger partial charge >= 0.3 is 5.97 Å². The van der Waals surface area contributed by atoms with Crippen LogP contribution in [0, 0.1) is 6.92 Å².